The number of nitrogens with zero attached hydrogens (tertiary/aromatic N) is 1. The minimum absolute atomic E-state index is 0.188. The number of H-pyrrole nitrogens is 1. The highest BCUT2D eigenvalue weighted by molar-refractivity contribution is 6.02. The van der Waals surface area contributed by atoms with Gasteiger partial charge < -0.3 is 15.2 Å². The zero-order chi connectivity index (χ0) is 24.5. The highest BCUT2D eigenvalue weighted by Gasteiger charge is 2.28. The number of hydrogen-bond donors (Lipinski definition) is 3. The average molecular weight is 469 g/mol. The van der Waals surface area contributed by atoms with Crippen molar-refractivity contribution in [2.24, 2.45) is 0 Å². The van der Waals surface area contributed by atoms with Crippen molar-refractivity contribution in [1.29, 1.82) is 0 Å². The SMILES string of the molecule is CCC(=O)c1ccc2[nH]cc(C3=CCN4CCCC4C3)c2c1.O=C(O)CCCCCCC(=O)O. The van der Waals surface area contributed by atoms with Crippen molar-refractivity contribution in [1.82, 2.24) is 9.88 Å². The highest BCUT2D eigenvalue weighted by Crippen LogP contribution is 2.35. The normalized spacial score (nSPS) is 17.6. The van der Waals surface area contributed by atoms with Crippen LogP contribution in [0.5, 0.6) is 0 Å². The first-order valence-corrected chi connectivity index (χ1v) is 12.4. The third-order valence-corrected chi connectivity index (χ3v) is 6.73. The van der Waals surface area contributed by atoms with Crippen LogP contribution in [0, 0.1) is 0 Å². The Hall–Kier alpha value is -2.93. The van der Waals surface area contributed by atoms with Gasteiger partial charge in [0.05, 0.1) is 0 Å². The van der Waals surface area contributed by atoms with Crippen molar-refractivity contribution < 1.29 is 24.6 Å². The lowest BCUT2D eigenvalue weighted by atomic mass is 9.93. The van der Waals surface area contributed by atoms with E-state index in [0.29, 0.717) is 25.3 Å². The summed E-state index contributed by atoms with van der Waals surface area (Å²) in [5.41, 5.74) is 4.68. The van der Waals surface area contributed by atoms with Crippen LogP contribution in [-0.2, 0) is 9.59 Å². The van der Waals surface area contributed by atoms with Crippen LogP contribution in [0.4, 0.5) is 0 Å². The maximum absolute atomic E-state index is 12.0. The second kappa shape index (κ2) is 12.5. The number of benzene rings is 1. The van der Waals surface area contributed by atoms with E-state index in [9.17, 15) is 14.4 Å². The van der Waals surface area contributed by atoms with Crippen LogP contribution in [0.1, 0.15) is 87.1 Å². The van der Waals surface area contributed by atoms with E-state index in [-0.39, 0.29) is 18.6 Å². The van der Waals surface area contributed by atoms with Crippen LogP contribution < -0.4 is 0 Å². The number of hydrogen-bond acceptors (Lipinski definition) is 4. The van der Waals surface area contributed by atoms with Crippen molar-refractivity contribution in [2.75, 3.05) is 13.1 Å². The fourth-order valence-corrected chi connectivity index (χ4v) is 4.82. The van der Waals surface area contributed by atoms with Gasteiger partial charge in [-0.15, -0.1) is 0 Å². The number of Topliss-reactive ketones (excluding diaryl/α,β-unsaturated/α-hetero) is 1. The Bertz CT molecular complexity index is 1020. The third-order valence-electron chi connectivity index (χ3n) is 6.73. The second-order valence-corrected chi connectivity index (χ2v) is 9.17. The van der Waals surface area contributed by atoms with Crippen LogP contribution in [0.2, 0.25) is 0 Å². The molecule has 4 rings (SSSR count). The van der Waals surface area contributed by atoms with Crippen LogP contribution >= 0.6 is 0 Å². The number of rotatable bonds is 10. The van der Waals surface area contributed by atoms with E-state index in [2.05, 4.69) is 28.2 Å². The van der Waals surface area contributed by atoms with E-state index in [1.807, 2.05) is 19.1 Å². The van der Waals surface area contributed by atoms with Gasteiger partial charge in [0.25, 0.3) is 0 Å². The minimum atomic E-state index is -0.784. The molecule has 2 aliphatic rings. The molecule has 34 heavy (non-hydrogen) atoms. The lowest BCUT2D eigenvalue weighted by Gasteiger charge is -2.29. The first-order chi connectivity index (χ1) is 16.4. The first-order valence-electron chi connectivity index (χ1n) is 12.4. The Morgan fingerprint density at radius 1 is 1.06 bits per heavy atom. The molecule has 0 bridgehead atoms. The Balaban J connectivity index is 0.000000232. The lowest BCUT2D eigenvalue weighted by molar-refractivity contribution is -0.138. The molecule has 1 fully saturated rings. The maximum Gasteiger partial charge on any atom is 0.303 e. The number of aromatic nitrogens is 1. The smallest absolute Gasteiger partial charge is 0.303 e. The summed E-state index contributed by atoms with van der Waals surface area (Å²) in [4.78, 5) is 38.0. The molecule has 2 aliphatic heterocycles. The topological polar surface area (TPSA) is 111 Å². The number of aliphatic carboxylic acids is 2. The molecule has 0 amide bonds. The summed E-state index contributed by atoms with van der Waals surface area (Å²) in [6.45, 7) is 4.24. The van der Waals surface area contributed by atoms with Gasteiger partial charge in [-0.2, -0.15) is 0 Å². The predicted octanol–water partition coefficient (Wildman–Crippen LogP) is 5.51. The molecule has 0 saturated carbocycles. The summed E-state index contributed by atoms with van der Waals surface area (Å²) in [7, 11) is 0. The number of fused-ring (bicyclic) bond motifs is 2. The van der Waals surface area contributed by atoms with Crippen molar-refractivity contribution in [2.45, 2.75) is 77.2 Å². The monoisotopic (exact) mass is 468 g/mol. The van der Waals surface area contributed by atoms with E-state index < -0.39 is 11.9 Å². The lowest BCUT2D eigenvalue weighted by Crippen LogP contribution is -2.32. The van der Waals surface area contributed by atoms with Gasteiger partial charge in [-0.3, -0.25) is 19.3 Å². The van der Waals surface area contributed by atoms with Crippen molar-refractivity contribution >= 4 is 34.2 Å². The Morgan fingerprint density at radius 3 is 2.41 bits per heavy atom. The van der Waals surface area contributed by atoms with E-state index in [1.54, 1.807) is 0 Å². The quantitative estimate of drug-likeness (QED) is 0.313. The zero-order valence-corrected chi connectivity index (χ0v) is 20.0. The fraction of sp³-hybridized carbons (Fsp3) is 0.519. The summed E-state index contributed by atoms with van der Waals surface area (Å²) in [6.07, 6.45) is 12.1. The summed E-state index contributed by atoms with van der Waals surface area (Å²) in [5, 5.41) is 17.7. The van der Waals surface area contributed by atoms with E-state index in [0.717, 1.165) is 36.9 Å². The van der Waals surface area contributed by atoms with Gasteiger partial charge in [-0.1, -0.05) is 25.8 Å². The number of nitrogens with one attached hydrogen (secondary N) is 1. The number of carbonyl (C=O) groups excluding carboxylic acids is 1. The molecule has 1 aromatic heterocycles. The summed E-state index contributed by atoms with van der Waals surface area (Å²) < 4.78 is 0. The van der Waals surface area contributed by atoms with Crippen LogP contribution in [0.15, 0.2) is 30.5 Å². The van der Waals surface area contributed by atoms with Gasteiger partial charge in [0.2, 0.25) is 0 Å². The van der Waals surface area contributed by atoms with Gasteiger partial charge >= 0.3 is 11.9 Å². The second-order valence-electron chi connectivity index (χ2n) is 9.17. The fourth-order valence-electron chi connectivity index (χ4n) is 4.82. The molecule has 184 valence electrons. The molecule has 7 heteroatoms. The zero-order valence-electron chi connectivity index (χ0n) is 20.0. The summed E-state index contributed by atoms with van der Waals surface area (Å²) in [5.74, 6) is -1.35. The van der Waals surface area contributed by atoms with Gasteiger partial charge in [0.1, 0.15) is 0 Å². The van der Waals surface area contributed by atoms with E-state index in [1.165, 1.54) is 35.9 Å². The molecular formula is C27H36N2O5. The predicted molar refractivity (Wildman–Crippen MR) is 133 cm³/mol. The third kappa shape index (κ3) is 7.03. The number of ketones is 1. The molecule has 1 aromatic carbocycles. The molecule has 1 saturated heterocycles. The molecule has 7 nitrogen and oxygen atoms in total. The summed E-state index contributed by atoms with van der Waals surface area (Å²) >= 11 is 0. The highest BCUT2D eigenvalue weighted by atomic mass is 16.4. The number of aromatic amines is 1. The molecule has 3 N–H and O–H groups in total. The molecule has 1 atom stereocenters. The van der Waals surface area contributed by atoms with Crippen LogP contribution in [0.3, 0.4) is 0 Å². The first kappa shape index (κ1) is 25.7. The molecular weight excluding hydrogens is 432 g/mol. The van der Waals surface area contributed by atoms with Crippen molar-refractivity contribution in [3.05, 3.63) is 41.6 Å². The summed E-state index contributed by atoms with van der Waals surface area (Å²) in [6, 6.07) is 6.75. The maximum atomic E-state index is 12.0. The van der Waals surface area contributed by atoms with Crippen LogP contribution in [-0.4, -0.2) is 57.0 Å². The van der Waals surface area contributed by atoms with Crippen molar-refractivity contribution in [3.63, 3.8) is 0 Å². The molecule has 3 heterocycles. The van der Waals surface area contributed by atoms with E-state index in [4.69, 9.17) is 10.2 Å². The molecule has 1 unspecified atom stereocenters. The number of carboxylic acids is 2. The van der Waals surface area contributed by atoms with Gasteiger partial charge in [0.15, 0.2) is 5.78 Å². The Morgan fingerprint density at radius 2 is 1.76 bits per heavy atom. The van der Waals surface area contributed by atoms with Crippen molar-refractivity contribution in [3.8, 4) is 0 Å². The van der Waals surface area contributed by atoms with E-state index >= 15 is 0 Å². The van der Waals surface area contributed by atoms with Gasteiger partial charge in [-0.25, -0.2) is 0 Å². The molecule has 0 spiro atoms. The Labute approximate surface area is 200 Å². The number of unbranched alkanes of at least 4 members (excludes halogenated alkanes) is 3. The van der Waals surface area contributed by atoms with Crippen LogP contribution in [0.25, 0.3) is 16.5 Å². The van der Waals surface area contributed by atoms with Gasteiger partial charge in [-0.05, 0) is 62.4 Å². The van der Waals surface area contributed by atoms with Gasteiger partial charge in [0, 0.05) is 60.1 Å². The molecule has 0 radical (unpaired) electrons. The Kier molecular flexibility index (Phi) is 9.45. The molecule has 2 aromatic rings. The number of carboxylic acid groups (broad SMARTS) is 2. The average Bonchev–Trinajstić information content (AvgIpc) is 3.46. The standard InChI is InChI=1S/C19H22N2O.C8H14O4/c1-2-19(22)14-5-6-18-16(11-14)17(12-20-18)13-7-9-21-8-3-4-15(21)10-13;9-7(10)5-3-1-2-4-6-8(11)12/h5-7,11-12,15,20H,2-4,8-10H2,1H3;1-6H2,(H,9,10)(H,11,12). The molecule has 0 aliphatic carbocycles. The minimum Gasteiger partial charge on any atom is -0.481 e. The number of carbonyl (C=O) groups is 3. The largest absolute Gasteiger partial charge is 0.481 e.